The van der Waals surface area contributed by atoms with Crippen molar-refractivity contribution < 1.29 is 18.0 Å². The standard InChI is InChI=1S/C32H33F3N8O/c1-21-4-5-22(14-29(21)41-31-38-10-8-28(40-31)24-16-36-20-37-17-24)30(44)39-25-7-6-23(27(15-25)32(33,34)35)18-42-13-9-26(19-42)43-11-2-3-12-43/h4-8,10,14-17,20,26H,2-3,9,11-13,18-19H2,1H3,(H,39,44)(H,38,40,41)/t26-/m0/s1. The van der Waals surface area contributed by atoms with Crippen LogP contribution in [0.15, 0.2) is 67.4 Å². The highest BCUT2D eigenvalue weighted by Crippen LogP contribution is 2.35. The smallest absolute Gasteiger partial charge is 0.324 e. The molecule has 4 aromatic rings. The number of aromatic nitrogens is 4. The van der Waals surface area contributed by atoms with E-state index in [0.29, 0.717) is 23.4 Å². The predicted octanol–water partition coefficient (Wildman–Crippen LogP) is 5.93. The number of alkyl halides is 3. The van der Waals surface area contributed by atoms with E-state index in [1.807, 2.05) is 6.92 Å². The molecule has 44 heavy (non-hydrogen) atoms. The largest absolute Gasteiger partial charge is 0.416 e. The van der Waals surface area contributed by atoms with E-state index in [1.165, 1.54) is 31.3 Å². The zero-order chi connectivity index (χ0) is 30.7. The fraction of sp³-hybridized carbons (Fsp3) is 0.344. The third-order valence-corrected chi connectivity index (χ3v) is 8.23. The minimum atomic E-state index is -4.55. The lowest BCUT2D eigenvalue weighted by Gasteiger charge is -2.24. The SMILES string of the molecule is Cc1ccc(C(=O)Nc2ccc(CN3CC[C@H](N4CCCC4)C3)c(C(F)(F)F)c2)cc1Nc1nccc(-c2cncnc2)n1. The van der Waals surface area contributed by atoms with Gasteiger partial charge in [-0.3, -0.25) is 14.6 Å². The van der Waals surface area contributed by atoms with Gasteiger partial charge < -0.3 is 10.6 Å². The van der Waals surface area contributed by atoms with Crippen molar-refractivity contribution in [2.45, 2.75) is 44.9 Å². The number of nitrogens with one attached hydrogen (secondary N) is 2. The Hall–Kier alpha value is -4.42. The second-order valence-corrected chi connectivity index (χ2v) is 11.3. The number of nitrogens with zero attached hydrogens (tertiary/aromatic N) is 6. The van der Waals surface area contributed by atoms with Crippen LogP contribution >= 0.6 is 0 Å². The number of aryl methyl sites for hydroxylation is 1. The second kappa shape index (κ2) is 12.7. The molecule has 4 heterocycles. The van der Waals surface area contributed by atoms with E-state index in [4.69, 9.17) is 0 Å². The van der Waals surface area contributed by atoms with Gasteiger partial charge in [-0.25, -0.2) is 19.9 Å². The summed E-state index contributed by atoms with van der Waals surface area (Å²) in [6.07, 6.45) is 5.12. The maximum Gasteiger partial charge on any atom is 0.416 e. The summed E-state index contributed by atoms with van der Waals surface area (Å²) >= 11 is 0. The first-order valence-corrected chi connectivity index (χ1v) is 14.7. The minimum Gasteiger partial charge on any atom is -0.324 e. The van der Waals surface area contributed by atoms with Gasteiger partial charge in [-0.15, -0.1) is 0 Å². The Morgan fingerprint density at radius 2 is 1.82 bits per heavy atom. The van der Waals surface area contributed by atoms with Gasteiger partial charge in [0.05, 0.1) is 11.3 Å². The van der Waals surface area contributed by atoms with Crippen molar-refractivity contribution in [2.75, 3.05) is 36.8 Å². The Balaban J connectivity index is 1.15. The van der Waals surface area contributed by atoms with Crippen molar-refractivity contribution in [1.82, 2.24) is 29.7 Å². The molecule has 0 aliphatic carbocycles. The fourth-order valence-corrected chi connectivity index (χ4v) is 5.89. The first-order chi connectivity index (χ1) is 21.2. The van der Waals surface area contributed by atoms with Gasteiger partial charge in [0.1, 0.15) is 6.33 Å². The number of amides is 1. The van der Waals surface area contributed by atoms with Crippen LogP contribution in [-0.4, -0.2) is 67.9 Å². The summed E-state index contributed by atoms with van der Waals surface area (Å²) in [5, 5.41) is 5.78. The molecule has 1 atom stereocenters. The first kappa shape index (κ1) is 29.6. The van der Waals surface area contributed by atoms with E-state index in [0.717, 1.165) is 49.8 Å². The molecule has 6 rings (SSSR count). The Bertz CT molecular complexity index is 1630. The first-order valence-electron chi connectivity index (χ1n) is 14.7. The van der Waals surface area contributed by atoms with Crippen molar-refractivity contribution in [3.63, 3.8) is 0 Å². The van der Waals surface area contributed by atoms with Crippen LogP contribution in [0.5, 0.6) is 0 Å². The van der Waals surface area contributed by atoms with E-state index >= 15 is 0 Å². The average molecular weight is 603 g/mol. The second-order valence-electron chi connectivity index (χ2n) is 11.3. The van der Waals surface area contributed by atoms with E-state index in [1.54, 1.807) is 42.9 Å². The summed E-state index contributed by atoms with van der Waals surface area (Å²) in [4.78, 5) is 34.5. The number of carbonyl (C=O) groups is 1. The summed E-state index contributed by atoms with van der Waals surface area (Å²) in [6.45, 7) is 5.78. The monoisotopic (exact) mass is 602 g/mol. The number of hydrogen-bond donors (Lipinski definition) is 2. The van der Waals surface area contributed by atoms with Crippen LogP contribution in [0.2, 0.25) is 0 Å². The molecule has 9 nitrogen and oxygen atoms in total. The van der Waals surface area contributed by atoms with Crippen molar-refractivity contribution in [3.05, 3.63) is 89.6 Å². The molecule has 0 bridgehead atoms. The van der Waals surface area contributed by atoms with Crippen LogP contribution < -0.4 is 10.6 Å². The van der Waals surface area contributed by atoms with Crippen molar-refractivity contribution in [2.24, 2.45) is 0 Å². The van der Waals surface area contributed by atoms with Gasteiger partial charge in [0, 0.05) is 66.8 Å². The Morgan fingerprint density at radius 1 is 1.02 bits per heavy atom. The molecule has 2 aromatic carbocycles. The highest BCUT2D eigenvalue weighted by molar-refractivity contribution is 6.05. The van der Waals surface area contributed by atoms with Gasteiger partial charge in [-0.2, -0.15) is 13.2 Å². The third-order valence-electron chi connectivity index (χ3n) is 8.23. The van der Waals surface area contributed by atoms with Crippen LogP contribution in [0.25, 0.3) is 11.3 Å². The maximum absolute atomic E-state index is 14.2. The minimum absolute atomic E-state index is 0.0821. The summed E-state index contributed by atoms with van der Waals surface area (Å²) < 4.78 is 42.5. The zero-order valence-electron chi connectivity index (χ0n) is 24.3. The predicted molar refractivity (Wildman–Crippen MR) is 161 cm³/mol. The lowest BCUT2D eigenvalue weighted by Crippen LogP contribution is -2.35. The molecular formula is C32H33F3N8O. The highest BCUT2D eigenvalue weighted by atomic mass is 19.4. The molecule has 0 unspecified atom stereocenters. The number of rotatable bonds is 8. The topological polar surface area (TPSA) is 99.2 Å². The molecule has 0 spiro atoms. The number of likely N-dealkylation sites (tertiary alicyclic amines) is 2. The van der Waals surface area contributed by atoms with Gasteiger partial charge in [0.15, 0.2) is 0 Å². The molecule has 1 amide bonds. The highest BCUT2D eigenvalue weighted by Gasteiger charge is 2.35. The number of anilines is 3. The molecule has 2 aliphatic rings. The van der Waals surface area contributed by atoms with Crippen LogP contribution in [0.4, 0.5) is 30.5 Å². The van der Waals surface area contributed by atoms with E-state index in [9.17, 15) is 18.0 Å². The summed E-state index contributed by atoms with van der Waals surface area (Å²) in [5.74, 6) is -0.222. The molecule has 2 fully saturated rings. The Labute approximate surface area is 253 Å². The number of benzene rings is 2. The quantitative estimate of drug-likeness (QED) is 0.256. The third kappa shape index (κ3) is 6.87. The number of halogens is 3. The molecule has 2 aliphatic heterocycles. The van der Waals surface area contributed by atoms with Gasteiger partial charge >= 0.3 is 6.18 Å². The molecule has 2 saturated heterocycles. The molecule has 228 valence electrons. The van der Waals surface area contributed by atoms with Crippen molar-refractivity contribution in [1.29, 1.82) is 0 Å². The number of hydrogen-bond acceptors (Lipinski definition) is 8. The molecule has 0 saturated carbocycles. The summed E-state index contributed by atoms with van der Waals surface area (Å²) in [6, 6.07) is 11.2. The zero-order valence-corrected chi connectivity index (χ0v) is 24.3. The molecule has 2 aromatic heterocycles. The summed E-state index contributed by atoms with van der Waals surface area (Å²) in [7, 11) is 0. The van der Waals surface area contributed by atoms with Gasteiger partial charge in [0.2, 0.25) is 5.95 Å². The summed E-state index contributed by atoms with van der Waals surface area (Å²) in [5.41, 5.74) is 2.59. The molecule has 2 N–H and O–H groups in total. The van der Waals surface area contributed by atoms with Crippen molar-refractivity contribution >= 4 is 23.2 Å². The van der Waals surface area contributed by atoms with Crippen molar-refractivity contribution in [3.8, 4) is 11.3 Å². The normalized spacial score (nSPS) is 17.6. The maximum atomic E-state index is 14.2. The lowest BCUT2D eigenvalue weighted by atomic mass is 10.0. The van der Waals surface area contributed by atoms with E-state index in [-0.39, 0.29) is 23.4 Å². The Morgan fingerprint density at radius 3 is 2.59 bits per heavy atom. The van der Waals surface area contributed by atoms with Gasteiger partial charge in [-0.1, -0.05) is 12.1 Å². The van der Waals surface area contributed by atoms with Gasteiger partial charge in [0.25, 0.3) is 5.91 Å². The van der Waals surface area contributed by atoms with Crippen LogP contribution in [0, 0.1) is 6.92 Å². The van der Waals surface area contributed by atoms with Crippen LogP contribution in [0.3, 0.4) is 0 Å². The van der Waals surface area contributed by atoms with Crippen LogP contribution in [-0.2, 0) is 12.7 Å². The Kier molecular flexibility index (Phi) is 8.53. The average Bonchev–Trinajstić information content (AvgIpc) is 3.72. The van der Waals surface area contributed by atoms with E-state index in [2.05, 4.69) is 40.4 Å². The molecule has 0 radical (unpaired) electrons. The number of carbonyl (C=O) groups excluding carboxylic acids is 1. The fourth-order valence-electron chi connectivity index (χ4n) is 5.89. The van der Waals surface area contributed by atoms with E-state index < -0.39 is 17.6 Å². The molecule has 12 heteroatoms. The van der Waals surface area contributed by atoms with Gasteiger partial charge in [-0.05, 0) is 80.7 Å². The van der Waals surface area contributed by atoms with Crippen LogP contribution in [0.1, 0.15) is 46.3 Å². The lowest BCUT2D eigenvalue weighted by molar-refractivity contribution is -0.138. The molecular weight excluding hydrogens is 569 g/mol.